The lowest BCUT2D eigenvalue weighted by Gasteiger charge is -2.25. The zero-order valence-electron chi connectivity index (χ0n) is 12.4. The van der Waals surface area contributed by atoms with Crippen LogP contribution in [-0.4, -0.2) is 46.7 Å². The van der Waals surface area contributed by atoms with Crippen molar-refractivity contribution in [3.8, 4) is 0 Å². The fourth-order valence-corrected chi connectivity index (χ4v) is 2.80. The zero-order valence-corrected chi connectivity index (χ0v) is 12.4. The van der Waals surface area contributed by atoms with E-state index in [1.54, 1.807) is 0 Å². The molecule has 1 aromatic rings. The van der Waals surface area contributed by atoms with E-state index in [0.29, 0.717) is 6.04 Å². The van der Waals surface area contributed by atoms with Gasteiger partial charge in [0.15, 0.2) is 0 Å². The fourth-order valence-electron chi connectivity index (χ4n) is 2.80. The normalized spacial score (nSPS) is 19.4. The largest absolute Gasteiger partial charge is 0.338 e. The Labute approximate surface area is 117 Å². The Kier molecular flexibility index (Phi) is 5.86. The predicted octanol–water partition coefficient (Wildman–Crippen LogP) is 1.82. The minimum atomic E-state index is 0.707. The second-order valence-electron chi connectivity index (χ2n) is 5.65. The molecule has 1 aromatic heterocycles. The van der Waals surface area contributed by atoms with Gasteiger partial charge in [0.1, 0.15) is 5.82 Å². The van der Waals surface area contributed by atoms with Gasteiger partial charge in [-0.15, -0.1) is 0 Å². The van der Waals surface area contributed by atoms with Gasteiger partial charge in [-0.1, -0.05) is 13.3 Å². The molecular formula is C15H28N4. The molecular weight excluding hydrogens is 236 g/mol. The van der Waals surface area contributed by atoms with E-state index in [1.807, 2.05) is 12.4 Å². The van der Waals surface area contributed by atoms with Gasteiger partial charge in [-0.2, -0.15) is 0 Å². The van der Waals surface area contributed by atoms with Crippen LogP contribution in [-0.2, 0) is 13.5 Å². The van der Waals surface area contributed by atoms with Crippen molar-refractivity contribution in [1.29, 1.82) is 0 Å². The molecule has 0 aromatic carbocycles. The summed E-state index contributed by atoms with van der Waals surface area (Å²) in [6.45, 7) is 7.02. The van der Waals surface area contributed by atoms with Crippen molar-refractivity contribution in [2.24, 2.45) is 7.05 Å². The van der Waals surface area contributed by atoms with Gasteiger partial charge < -0.3 is 14.8 Å². The van der Waals surface area contributed by atoms with Crippen LogP contribution in [0, 0.1) is 0 Å². The van der Waals surface area contributed by atoms with E-state index < -0.39 is 0 Å². The molecule has 1 fully saturated rings. The Bertz CT molecular complexity index is 355. The lowest BCUT2D eigenvalue weighted by atomic mass is 10.2. The third-order valence-corrected chi connectivity index (χ3v) is 4.04. The minimum Gasteiger partial charge on any atom is -0.338 e. The van der Waals surface area contributed by atoms with Crippen LogP contribution in [0.25, 0.3) is 0 Å². The first kappa shape index (κ1) is 14.5. The van der Waals surface area contributed by atoms with E-state index >= 15 is 0 Å². The Hall–Kier alpha value is -0.870. The summed E-state index contributed by atoms with van der Waals surface area (Å²) in [4.78, 5) is 7.03. The highest BCUT2D eigenvalue weighted by molar-refractivity contribution is 4.92. The molecule has 1 N–H and O–H groups in total. The quantitative estimate of drug-likeness (QED) is 0.777. The van der Waals surface area contributed by atoms with Gasteiger partial charge >= 0.3 is 0 Å². The second-order valence-corrected chi connectivity index (χ2v) is 5.65. The SMILES string of the molecule is CCCCN(CCc1nccn1C)CC1CCCN1. The number of rotatable bonds is 8. The maximum absolute atomic E-state index is 4.42. The van der Waals surface area contributed by atoms with Gasteiger partial charge in [-0.05, 0) is 32.4 Å². The van der Waals surface area contributed by atoms with Crippen molar-refractivity contribution in [2.45, 2.75) is 45.1 Å². The Morgan fingerprint density at radius 1 is 1.47 bits per heavy atom. The summed E-state index contributed by atoms with van der Waals surface area (Å²) in [5, 5.41) is 3.61. The summed E-state index contributed by atoms with van der Waals surface area (Å²) in [5.41, 5.74) is 0. The van der Waals surface area contributed by atoms with Crippen molar-refractivity contribution in [3.05, 3.63) is 18.2 Å². The molecule has 0 spiro atoms. The summed E-state index contributed by atoms with van der Waals surface area (Å²) in [6.07, 6.45) is 10.2. The summed E-state index contributed by atoms with van der Waals surface area (Å²) in [5.74, 6) is 1.20. The van der Waals surface area contributed by atoms with Crippen LogP contribution in [0.4, 0.5) is 0 Å². The average Bonchev–Trinajstić information content (AvgIpc) is 3.04. The van der Waals surface area contributed by atoms with Gasteiger partial charge in [0.05, 0.1) is 0 Å². The molecule has 1 aliphatic rings. The molecule has 4 nitrogen and oxygen atoms in total. The van der Waals surface area contributed by atoms with Crippen molar-refractivity contribution < 1.29 is 0 Å². The van der Waals surface area contributed by atoms with Crippen LogP contribution in [0.1, 0.15) is 38.4 Å². The average molecular weight is 264 g/mol. The second kappa shape index (κ2) is 7.65. The van der Waals surface area contributed by atoms with Crippen molar-refractivity contribution in [3.63, 3.8) is 0 Å². The number of aromatic nitrogens is 2. The monoisotopic (exact) mass is 264 g/mol. The highest BCUT2D eigenvalue weighted by Gasteiger charge is 2.17. The third-order valence-electron chi connectivity index (χ3n) is 4.04. The van der Waals surface area contributed by atoms with Crippen LogP contribution in [0.5, 0.6) is 0 Å². The van der Waals surface area contributed by atoms with Gasteiger partial charge in [-0.3, -0.25) is 0 Å². The Balaban J connectivity index is 1.80. The molecule has 0 aliphatic carbocycles. The van der Waals surface area contributed by atoms with Crippen LogP contribution in [0.2, 0.25) is 0 Å². The van der Waals surface area contributed by atoms with E-state index in [-0.39, 0.29) is 0 Å². The van der Waals surface area contributed by atoms with E-state index in [9.17, 15) is 0 Å². The molecule has 0 saturated carbocycles. The summed E-state index contributed by atoms with van der Waals surface area (Å²) >= 11 is 0. The number of nitrogens with one attached hydrogen (secondary N) is 1. The van der Waals surface area contributed by atoms with Crippen molar-refractivity contribution in [1.82, 2.24) is 19.8 Å². The van der Waals surface area contributed by atoms with Crippen LogP contribution in [0.15, 0.2) is 12.4 Å². The summed E-state index contributed by atoms with van der Waals surface area (Å²) < 4.78 is 2.13. The number of aryl methyl sites for hydroxylation is 1. The van der Waals surface area contributed by atoms with E-state index in [0.717, 1.165) is 13.0 Å². The fraction of sp³-hybridized carbons (Fsp3) is 0.800. The predicted molar refractivity (Wildman–Crippen MR) is 79.3 cm³/mol. The zero-order chi connectivity index (χ0) is 13.5. The lowest BCUT2D eigenvalue weighted by molar-refractivity contribution is 0.246. The molecule has 0 bridgehead atoms. The van der Waals surface area contributed by atoms with Gasteiger partial charge in [0.25, 0.3) is 0 Å². The van der Waals surface area contributed by atoms with E-state index in [2.05, 4.69) is 33.7 Å². The maximum Gasteiger partial charge on any atom is 0.109 e. The van der Waals surface area contributed by atoms with Gasteiger partial charge in [0, 0.05) is 45.0 Å². The number of unbranched alkanes of at least 4 members (excludes halogenated alkanes) is 1. The van der Waals surface area contributed by atoms with Gasteiger partial charge in [-0.25, -0.2) is 4.98 Å². The van der Waals surface area contributed by atoms with Gasteiger partial charge in [0.2, 0.25) is 0 Å². The first-order valence-corrected chi connectivity index (χ1v) is 7.71. The van der Waals surface area contributed by atoms with Crippen LogP contribution < -0.4 is 5.32 Å². The van der Waals surface area contributed by atoms with Crippen molar-refractivity contribution >= 4 is 0 Å². The number of hydrogen-bond acceptors (Lipinski definition) is 3. The Morgan fingerprint density at radius 3 is 3.00 bits per heavy atom. The molecule has 2 rings (SSSR count). The number of nitrogens with zero attached hydrogens (tertiary/aromatic N) is 3. The summed E-state index contributed by atoms with van der Waals surface area (Å²) in [6, 6.07) is 0.707. The minimum absolute atomic E-state index is 0.707. The van der Waals surface area contributed by atoms with E-state index in [1.165, 1.54) is 51.1 Å². The van der Waals surface area contributed by atoms with E-state index in [4.69, 9.17) is 0 Å². The molecule has 19 heavy (non-hydrogen) atoms. The first-order chi connectivity index (χ1) is 9.29. The molecule has 0 amide bonds. The standard InChI is InChI=1S/C15H28N4/c1-3-4-10-19(13-14-6-5-8-16-14)11-7-15-17-9-12-18(15)2/h9,12,14,16H,3-8,10-11,13H2,1-2H3. The Morgan fingerprint density at radius 2 is 2.37 bits per heavy atom. The molecule has 1 unspecified atom stereocenters. The lowest BCUT2D eigenvalue weighted by Crippen LogP contribution is -2.39. The number of imidazole rings is 1. The topological polar surface area (TPSA) is 33.1 Å². The highest BCUT2D eigenvalue weighted by Crippen LogP contribution is 2.09. The smallest absolute Gasteiger partial charge is 0.109 e. The van der Waals surface area contributed by atoms with Crippen LogP contribution >= 0.6 is 0 Å². The molecule has 1 atom stereocenters. The first-order valence-electron chi connectivity index (χ1n) is 7.71. The number of hydrogen-bond donors (Lipinski definition) is 1. The molecule has 1 saturated heterocycles. The highest BCUT2D eigenvalue weighted by atomic mass is 15.2. The van der Waals surface area contributed by atoms with Crippen LogP contribution in [0.3, 0.4) is 0 Å². The molecule has 108 valence electrons. The molecule has 2 heterocycles. The molecule has 0 radical (unpaired) electrons. The molecule has 4 heteroatoms. The third kappa shape index (κ3) is 4.62. The maximum atomic E-state index is 4.42. The molecule has 1 aliphatic heterocycles. The summed E-state index contributed by atoms with van der Waals surface area (Å²) in [7, 11) is 2.08. The van der Waals surface area contributed by atoms with Crippen molar-refractivity contribution in [2.75, 3.05) is 26.2 Å².